The number of sulfone groups is 1. The van der Waals surface area contributed by atoms with Gasteiger partial charge >= 0.3 is 0 Å². The predicted octanol–water partition coefficient (Wildman–Crippen LogP) is 5.19. The normalized spacial score (nSPS) is 11.5. The minimum absolute atomic E-state index is 0.143. The van der Waals surface area contributed by atoms with Gasteiger partial charge in [-0.2, -0.15) is 0 Å². The van der Waals surface area contributed by atoms with Gasteiger partial charge in [-0.3, -0.25) is 4.79 Å². The zero-order valence-electron chi connectivity index (χ0n) is 17.1. The van der Waals surface area contributed by atoms with Crippen LogP contribution in [-0.2, 0) is 16.4 Å². The summed E-state index contributed by atoms with van der Waals surface area (Å²) in [7, 11) is -3.32. The fourth-order valence-electron chi connectivity index (χ4n) is 3.51. The van der Waals surface area contributed by atoms with Crippen molar-refractivity contribution < 1.29 is 17.9 Å². The second-order valence-electron chi connectivity index (χ2n) is 7.29. The maximum absolute atomic E-state index is 13.0. The second-order valence-corrected chi connectivity index (χ2v) is 9.74. The molecule has 1 heterocycles. The van der Waals surface area contributed by atoms with E-state index in [0.717, 1.165) is 17.4 Å². The van der Waals surface area contributed by atoms with Crippen LogP contribution < -0.4 is 5.43 Å². The molecule has 0 saturated heterocycles. The summed E-state index contributed by atoms with van der Waals surface area (Å²) in [5.41, 5.74) is 2.83. The summed E-state index contributed by atoms with van der Waals surface area (Å²) in [6, 6.07) is 22.0. The summed E-state index contributed by atoms with van der Waals surface area (Å²) in [5, 5.41) is 10.2. The molecule has 0 bridgehead atoms. The van der Waals surface area contributed by atoms with E-state index in [1.54, 1.807) is 48.5 Å². The van der Waals surface area contributed by atoms with Gasteiger partial charge in [0.05, 0.1) is 10.5 Å². The quantitative estimate of drug-likeness (QED) is 0.437. The fraction of sp³-hybridized carbons (Fsp3) is 0.0800. The molecule has 4 rings (SSSR count). The SMILES string of the molecule is CS(=O)(=O)c1ccc(-c2ccccc2-c2oc(CO)cc(=O)c2-c2ccc(Cl)cc2)cc1. The van der Waals surface area contributed by atoms with Crippen LogP contribution in [0.4, 0.5) is 0 Å². The van der Waals surface area contributed by atoms with Gasteiger partial charge in [0, 0.05) is 22.9 Å². The Morgan fingerprint density at radius 3 is 2.06 bits per heavy atom. The largest absolute Gasteiger partial charge is 0.458 e. The molecule has 0 fully saturated rings. The average molecular weight is 467 g/mol. The number of hydrogen-bond acceptors (Lipinski definition) is 5. The molecule has 0 saturated carbocycles. The van der Waals surface area contributed by atoms with Crippen LogP contribution in [0.3, 0.4) is 0 Å². The van der Waals surface area contributed by atoms with E-state index < -0.39 is 16.4 Å². The highest BCUT2D eigenvalue weighted by molar-refractivity contribution is 7.90. The molecule has 1 aromatic heterocycles. The van der Waals surface area contributed by atoms with Gasteiger partial charge in [-0.1, -0.05) is 60.1 Å². The van der Waals surface area contributed by atoms with Crippen LogP contribution in [-0.4, -0.2) is 19.8 Å². The highest BCUT2D eigenvalue weighted by Crippen LogP contribution is 2.37. The molecule has 162 valence electrons. The first-order valence-electron chi connectivity index (χ1n) is 9.71. The number of halogens is 1. The van der Waals surface area contributed by atoms with E-state index in [-0.39, 0.29) is 16.1 Å². The predicted molar refractivity (Wildman–Crippen MR) is 125 cm³/mol. The lowest BCUT2D eigenvalue weighted by Crippen LogP contribution is -2.08. The van der Waals surface area contributed by atoms with E-state index >= 15 is 0 Å². The third-order valence-corrected chi connectivity index (χ3v) is 6.43. The zero-order valence-corrected chi connectivity index (χ0v) is 18.7. The van der Waals surface area contributed by atoms with Gasteiger partial charge in [0.2, 0.25) is 0 Å². The Labute approximate surface area is 190 Å². The molecule has 1 N–H and O–H groups in total. The molecule has 0 spiro atoms. The van der Waals surface area contributed by atoms with Crippen LogP contribution in [0.1, 0.15) is 5.76 Å². The third-order valence-electron chi connectivity index (χ3n) is 5.05. The lowest BCUT2D eigenvalue weighted by Gasteiger charge is -2.14. The minimum Gasteiger partial charge on any atom is -0.458 e. The van der Waals surface area contributed by atoms with Crippen LogP contribution in [0.15, 0.2) is 93.0 Å². The summed E-state index contributed by atoms with van der Waals surface area (Å²) < 4.78 is 29.6. The van der Waals surface area contributed by atoms with E-state index in [4.69, 9.17) is 16.0 Å². The van der Waals surface area contributed by atoms with Crippen molar-refractivity contribution in [1.82, 2.24) is 0 Å². The molecular weight excluding hydrogens is 448 g/mol. The average Bonchev–Trinajstić information content (AvgIpc) is 2.79. The summed E-state index contributed by atoms with van der Waals surface area (Å²) in [5.74, 6) is 0.455. The van der Waals surface area contributed by atoms with Gasteiger partial charge in [0.15, 0.2) is 15.3 Å². The molecule has 0 atom stereocenters. The van der Waals surface area contributed by atoms with E-state index in [1.165, 1.54) is 6.07 Å². The minimum atomic E-state index is -3.32. The molecule has 3 aromatic carbocycles. The van der Waals surface area contributed by atoms with Crippen molar-refractivity contribution in [2.24, 2.45) is 0 Å². The summed E-state index contributed by atoms with van der Waals surface area (Å²) in [6.45, 7) is -0.422. The summed E-state index contributed by atoms with van der Waals surface area (Å²) in [6.07, 6.45) is 1.16. The number of hydrogen-bond donors (Lipinski definition) is 1. The first kappa shape index (κ1) is 22.0. The van der Waals surface area contributed by atoms with Crippen molar-refractivity contribution in [1.29, 1.82) is 0 Å². The van der Waals surface area contributed by atoms with Crippen molar-refractivity contribution >= 4 is 21.4 Å². The fourth-order valence-corrected chi connectivity index (χ4v) is 4.27. The molecule has 4 aromatic rings. The number of rotatable bonds is 5. The van der Waals surface area contributed by atoms with Crippen LogP contribution in [0.5, 0.6) is 0 Å². The van der Waals surface area contributed by atoms with Gasteiger partial charge in [0.1, 0.15) is 18.1 Å². The van der Waals surface area contributed by atoms with Crippen LogP contribution in [0, 0.1) is 0 Å². The smallest absolute Gasteiger partial charge is 0.193 e. The van der Waals surface area contributed by atoms with Crippen molar-refractivity contribution in [3.05, 3.63) is 99.9 Å². The monoisotopic (exact) mass is 466 g/mol. The Kier molecular flexibility index (Phi) is 6.02. The molecule has 7 heteroatoms. The van der Waals surface area contributed by atoms with Crippen molar-refractivity contribution in [2.75, 3.05) is 6.26 Å². The lowest BCUT2D eigenvalue weighted by atomic mass is 9.93. The Morgan fingerprint density at radius 1 is 0.875 bits per heavy atom. The second kappa shape index (κ2) is 8.74. The van der Waals surface area contributed by atoms with E-state index in [9.17, 15) is 18.3 Å². The number of aliphatic hydroxyl groups excluding tert-OH is 1. The maximum Gasteiger partial charge on any atom is 0.193 e. The Morgan fingerprint density at radius 2 is 1.47 bits per heavy atom. The van der Waals surface area contributed by atoms with Gasteiger partial charge in [0.25, 0.3) is 0 Å². The highest BCUT2D eigenvalue weighted by atomic mass is 35.5. The standard InChI is InChI=1S/C25H19ClO5S/c1-32(29,30)20-12-8-16(9-13-20)21-4-2-3-5-22(21)25-24(17-6-10-18(26)11-7-17)23(28)14-19(15-27)31-25/h2-14,27H,15H2,1H3. The van der Waals surface area contributed by atoms with Crippen molar-refractivity contribution in [3.63, 3.8) is 0 Å². The van der Waals surface area contributed by atoms with Gasteiger partial charge in [-0.05, 0) is 41.0 Å². The molecule has 32 heavy (non-hydrogen) atoms. The molecule has 0 aliphatic heterocycles. The molecular formula is C25H19ClO5S. The maximum atomic E-state index is 13.0. The Bertz CT molecular complexity index is 1440. The highest BCUT2D eigenvalue weighted by Gasteiger charge is 2.19. The summed E-state index contributed by atoms with van der Waals surface area (Å²) >= 11 is 6.02. The van der Waals surface area contributed by atoms with Gasteiger partial charge in [-0.15, -0.1) is 0 Å². The zero-order chi connectivity index (χ0) is 22.9. The third kappa shape index (κ3) is 4.39. The molecule has 0 radical (unpaired) electrons. The van der Waals surface area contributed by atoms with E-state index in [1.807, 2.05) is 24.3 Å². The van der Waals surface area contributed by atoms with Crippen LogP contribution in [0.25, 0.3) is 33.6 Å². The molecule has 0 aliphatic rings. The van der Waals surface area contributed by atoms with Crippen LogP contribution in [0.2, 0.25) is 5.02 Å². The lowest BCUT2D eigenvalue weighted by molar-refractivity contribution is 0.245. The van der Waals surface area contributed by atoms with Crippen LogP contribution >= 0.6 is 11.6 Å². The Hall–Kier alpha value is -3.19. The van der Waals surface area contributed by atoms with Crippen molar-refractivity contribution in [3.8, 4) is 33.6 Å². The first-order valence-corrected chi connectivity index (χ1v) is 12.0. The first-order chi connectivity index (χ1) is 15.3. The van der Waals surface area contributed by atoms with E-state index in [0.29, 0.717) is 27.5 Å². The van der Waals surface area contributed by atoms with Gasteiger partial charge < -0.3 is 9.52 Å². The van der Waals surface area contributed by atoms with E-state index in [2.05, 4.69) is 0 Å². The van der Waals surface area contributed by atoms with Gasteiger partial charge in [-0.25, -0.2) is 8.42 Å². The molecule has 0 aliphatic carbocycles. The number of benzene rings is 3. The topological polar surface area (TPSA) is 84.6 Å². The molecule has 0 unspecified atom stereocenters. The van der Waals surface area contributed by atoms with Crippen molar-refractivity contribution in [2.45, 2.75) is 11.5 Å². The number of aliphatic hydroxyl groups is 1. The molecule has 0 amide bonds. The summed E-state index contributed by atoms with van der Waals surface area (Å²) in [4.78, 5) is 13.2. The Balaban J connectivity index is 1.96. The molecule has 5 nitrogen and oxygen atoms in total.